The van der Waals surface area contributed by atoms with Crippen LogP contribution in [-0.4, -0.2) is 54.3 Å². The molecule has 3 rings (SSSR count). The van der Waals surface area contributed by atoms with Gasteiger partial charge in [-0.15, -0.1) is 12.4 Å². The Balaban J connectivity index is 0.00000243. The first-order valence-electron chi connectivity index (χ1n) is 9.21. The standard InChI is InChI=1S/C20H29N3O2.ClH/c1-19(13-21)10-12-23(14-19)18(25)20(2)9-6-11-22(15-20)17(24)16-7-4-3-5-8-16;/h3-5,7-8H,6,9-15,21H2,1-2H3;1H. The van der Waals surface area contributed by atoms with E-state index in [-0.39, 0.29) is 29.6 Å². The Morgan fingerprint density at radius 2 is 1.73 bits per heavy atom. The van der Waals surface area contributed by atoms with Crippen molar-refractivity contribution in [2.75, 3.05) is 32.7 Å². The van der Waals surface area contributed by atoms with Gasteiger partial charge >= 0.3 is 0 Å². The van der Waals surface area contributed by atoms with Gasteiger partial charge in [0.15, 0.2) is 0 Å². The second-order valence-electron chi connectivity index (χ2n) is 8.25. The van der Waals surface area contributed by atoms with Crippen LogP contribution in [0.1, 0.15) is 43.5 Å². The highest BCUT2D eigenvalue weighted by molar-refractivity contribution is 5.95. The first-order valence-corrected chi connectivity index (χ1v) is 9.21. The maximum absolute atomic E-state index is 13.2. The third kappa shape index (κ3) is 4.04. The number of carbonyl (C=O) groups is 2. The monoisotopic (exact) mass is 379 g/mol. The molecule has 144 valence electrons. The Hall–Kier alpha value is -1.59. The molecule has 2 amide bonds. The number of nitrogens with two attached hydrogens (primary N) is 1. The molecular formula is C20H30ClN3O2. The minimum absolute atomic E-state index is 0. The highest BCUT2D eigenvalue weighted by Gasteiger charge is 2.45. The van der Waals surface area contributed by atoms with Gasteiger partial charge in [-0.25, -0.2) is 0 Å². The summed E-state index contributed by atoms with van der Waals surface area (Å²) in [5.74, 6) is 0.197. The number of rotatable bonds is 3. The largest absolute Gasteiger partial charge is 0.342 e. The number of likely N-dealkylation sites (tertiary alicyclic amines) is 2. The number of amides is 2. The number of nitrogens with zero attached hydrogens (tertiary/aromatic N) is 2. The van der Waals surface area contributed by atoms with E-state index in [2.05, 4.69) is 6.92 Å². The first-order chi connectivity index (χ1) is 11.9. The molecule has 2 aliphatic heterocycles. The summed E-state index contributed by atoms with van der Waals surface area (Å²) in [5.41, 5.74) is 6.10. The molecule has 2 aliphatic rings. The molecule has 2 fully saturated rings. The number of carbonyl (C=O) groups excluding carboxylic acids is 2. The zero-order valence-corrected chi connectivity index (χ0v) is 16.6. The molecule has 2 atom stereocenters. The molecule has 26 heavy (non-hydrogen) atoms. The van der Waals surface area contributed by atoms with Gasteiger partial charge in [-0.3, -0.25) is 9.59 Å². The van der Waals surface area contributed by atoms with Crippen LogP contribution in [-0.2, 0) is 4.79 Å². The molecule has 1 aromatic rings. The predicted molar refractivity (Wildman–Crippen MR) is 105 cm³/mol. The van der Waals surface area contributed by atoms with E-state index in [1.54, 1.807) is 0 Å². The third-order valence-electron chi connectivity index (χ3n) is 5.86. The summed E-state index contributed by atoms with van der Waals surface area (Å²) in [6, 6.07) is 9.33. The van der Waals surface area contributed by atoms with Crippen LogP contribution in [0, 0.1) is 10.8 Å². The van der Waals surface area contributed by atoms with Crippen molar-refractivity contribution < 1.29 is 9.59 Å². The van der Waals surface area contributed by atoms with Crippen molar-refractivity contribution in [1.82, 2.24) is 9.80 Å². The van der Waals surface area contributed by atoms with Crippen molar-refractivity contribution in [3.63, 3.8) is 0 Å². The van der Waals surface area contributed by atoms with Crippen molar-refractivity contribution in [3.8, 4) is 0 Å². The van der Waals surface area contributed by atoms with Gasteiger partial charge in [0.2, 0.25) is 5.91 Å². The van der Waals surface area contributed by atoms with Crippen molar-refractivity contribution in [1.29, 1.82) is 0 Å². The molecule has 6 heteroatoms. The van der Waals surface area contributed by atoms with E-state index < -0.39 is 5.41 Å². The van der Waals surface area contributed by atoms with Gasteiger partial charge in [0, 0.05) is 31.7 Å². The average molecular weight is 380 g/mol. The van der Waals surface area contributed by atoms with Crippen LogP contribution in [0.2, 0.25) is 0 Å². The maximum atomic E-state index is 13.2. The summed E-state index contributed by atoms with van der Waals surface area (Å²) in [4.78, 5) is 29.7. The van der Waals surface area contributed by atoms with Crippen LogP contribution in [0.25, 0.3) is 0 Å². The number of hydrogen-bond donors (Lipinski definition) is 1. The summed E-state index contributed by atoms with van der Waals surface area (Å²) in [6.07, 6.45) is 2.65. The van der Waals surface area contributed by atoms with E-state index in [4.69, 9.17) is 5.73 Å². The van der Waals surface area contributed by atoms with Gasteiger partial charge in [-0.1, -0.05) is 25.1 Å². The first kappa shape index (κ1) is 20.7. The molecule has 0 spiro atoms. The van der Waals surface area contributed by atoms with E-state index in [0.717, 1.165) is 38.9 Å². The van der Waals surface area contributed by atoms with Crippen molar-refractivity contribution in [3.05, 3.63) is 35.9 Å². The van der Waals surface area contributed by atoms with Gasteiger partial charge < -0.3 is 15.5 Å². The lowest BCUT2D eigenvalue weighted by atomic mass is 9.80. The summed E-state index contributed by atoms with van der Waals surface area (Å²) in [6.45, 7) is 7.48. The minimum atomic E-state index is -0.497. The number of piperidine rings is 1. The molecular weight excluding hydrogens is 350 g/mol. The highest BCUT2D eigenvalue weighted by atomic mass is 35.5. The molecule has 0 aromatic heterocycles. The number of benzene rings is 1. The Morgan fingerprint density at radius 1 is 1.04 bits per heavy atom. The quantitative estimate of drug-likeness (QED) is 0.877. The molecule has 5 nitrogen and oxygen atoms in total. The molecule has 0 aliphatic carbocycles. The van der Waals surface area contributed by atoms with E-state index in [0.29, 0.717) is 18.7 Å². The molecule has 2 heterocycles. The second-order valence-corrected chi connectivity index (χ2v) is 8.25. The van der Waals surface area contributed by atoms with Gasteiger partial charge in [0.25, 0.3) is 5.91 Å². The SMILES string of the molecule is CC1(CN)CCN(C(=O)C2(C)CCCN(C(=O)c3ccccc3)C2)C1.Cl. The Bertz CT molecular complexity index is 654. The van der Waals surface area contributed by atoms with Gasteiger partial charge in [0.05, 0.1) is 5.41 Å². The van der Waals surface area contributed by atoms with E-state index in [9.17, 15) is 9.59 Å². The molecule has 1 aromatic carbocycles. The Morgan fingerprint density at radius 3 is 2.35 bits per heavy atom. The molecule has 0 radical (unpaired) electrons. The van der Waals surface area contributed by atoms with Crippen LogP contribution < -0.4 is 5.73 Å². The van der Waals surface area contributed by atoms with Crippen LogP contribution in [0.3, 0.4) is 0 Å². The summed E-state index contributed by atoms with van der Waals surface area (Å²) in [5, 5.41) is 0. The van der Waals surface area contributed by atoms with Crippen LogP contribution in [0.4, 0.5) is 0 Å². The number of hydrogen-bond acceptors (Lipinski definition) is 3. The fourth-order valence-electron chi connectivity index (χ4n) is 4.10. The lowest BCUT2D eigenvalue weighted by Crippen LogP contribution is -2.53. The Labute approximate surface area is 162 Å². The zero-order valence-electron chi connectivity index (χ0n) is 15.7. The van der Waals surface area contributed by atoms with Gasteiger partial charge in [0.1, 0.15) is 0 Å². The Kier molecular flexibility index (Phi) is 6.35. The molecule has 0 bridgehead atoms. The lowest BCUT2D eigenvalue weighted by Gasteiger charge is -2.41. The fourth-order valence-corrected chi connectivity index (χ4v) is 4.10. The topological polar surface area (TPSA) is 66.6 Å². The molecule has 2 N–H and O–H groups in total. The number of halogens is 1. The van der Waals surface area contributed by atoms with Gasteiger partial charge in [-0.05, 0) is 50.3 Å². The van der Waals surface area contributed by atoms with E-state index in [1.165, 1.54) is 0 Å². The van der Waals surface area contributed by atoms with E-state index in [1.807, 2.05) is 47.1 Å². The van der Waals surface area contributed by atoms with Crippen molar-refractivity contribution in [2.24, 2.45) is 16.6 Å². The smallest absolute Gasteiger partial charge is 0.253 e. The van der Waals surface area contributed by atoms with Gasteiger partial charge in [-0.2, -0.15) is 0 Å². The zero-order chi connectivity index (χ0) is 18.1. The minimum Gasteiger partial charge on any atom is -0.342 e. The third-order valence-corrected chi connectivity index (χ3v) is 5.86. The molecule has 0 saturated carbocycles. The maximum Gasteiger partial charge on any atom is 0.253 e. The lowest BCUT2D eigenvalue weighted by molar-refractivity contribution is -0.143. The van der Waals surface area contributed by atoms with Crippen molar-refractivity contribution >= 4 is 24.2 Å². The predicted octanol–water partition coefficient (Wildman–Crippen LogP) is 2.55. The summed E-state index contributed by atoms with van der Waals surface area (Å²) < 4.78 is 0. The molecule has 2 unspecified atom stereocenters. The van der Waals surface area contributed by atoms with Crippen LogP contribution in [0.15, 0.2) is 30.3 Å². The summed E-state index contributed by atoms with van der Waals surface area (Å²) in [7, 11) is 0. The normalized spacial score (nSPS) is 28.6. The van der Waals surface area contributed by atoms with Crippen molar-refractivity contribution in [2.45, 2.75) is 33.1 Å². The second kappa shape index (κ2) is 7.97. The van der Waals surface area contributed by atoms with E-state index >= 15 is 0 Å². The fraction of sp³-hybridized carbons (Fsp3) is 0.600. The average Bonchev–Trinajstić information content (AvgIpc) is 3.04. The summed E-state index contributed by atoms with van der Waals surface area (Å²) >= 11 is 0. The molecule has 2 saturated heterocycles. The van der Waals surface area contributed by atoms with Crippen LogP contribution in [0.5, 0.6) is 0 Å². The highest BCUT2D eigenvalue weighted by Crippen LogP contribution is 2.36. The van der Waals surface area contributed by atoms with Crippen LogP contribution >= 0.6 is 12.4 Å².